The number of aliphatic hydroxyl groups excluding tert-OH is 13. The Labute approximate surface area is 829 Å². The molecule has 818 valence electrons. The van der Waals surface area contributed by atoms with Crippen LogP contribution in [-0.4, -0.2) is 521 Å². The molecule has 8 rings (SSSR count). The van der Waals surface area contributed by atoms with Crippen LogP contribution in [0.3, 0.4) is 0 Å². The first-order valence-corrected chi connectivity index (χ1v) is 50.3. The van der Waals surface area contributed by atoms with Crippen molar-refractivity contribution >= 4 is 49.4 Å². The van der Waals surface area contributed by atoms with Crippen LogP contribution in [0.5, 0.6) is 0 Å². The fourth-order valence-electron chi connectivity index (χ4n) is 14.9. The molecule has 0 aromatic carbocycles. The van der Waals surface area contributed by atoms with E-state index >= 15 is 0 Å². The van der Waals surface area contributed by atoms with Gasteiger partial charge in [-0.1, -0.05) is 41.9 Å². The minimum Gasteiger partial charge on any atom is -0.451 e. The molecular weight excluding hydrogens is 1930 g/mol. The summed E-state index contributed by atoms with van der Waals surface area (Å²) in [7, 11) is 4.84. The molecule has 2 aromatic heterocycles. The molecule has 54 nitrogen and oxygen atoms in total. The van der Waals surface area contributed by atoms with E-state index in [1.165, 1.54) is 58.3 Å². The third-order valence-corrected chi connectivity index (χ3v) is 23.3. The number of ether oxygens (including phenoxy) is 24. The van der Waals surface area contributed by atoms with Crippen molar-refractivity contribution in [2.75, 3.05) is 174 Å². The van der Waals surface area contributed by atoms with Crippen LogP contribution in [0.25, 0.3) is 0 Å². The fourth-order valence-corrected chi connectivity index (χ4v) is 15.5. The molecule has 6 saturated heterocycles. The standard InChI is InChI=1S/C30H53N5O14.C29H49N5O16.C29H46O14Si/c1-6-34(10-7-8-12-36)28(42)26-23(43-4)19(37)22(40)30(49-26)47-16-15-46-24-20(38)21(39)29(44-5)48-25(24)27(41)31-9-13-45-14-11-35-18(3)17(2)32-33-35;1-16(35)17-15-32-33-34(17)7-10-45-8-5-31-27(41)25-23(19(37)20(38)28(44-4)49-25)47-13-14-48-29-21(39)18(36)22(43-3)24(50-29)26(40)30-6-9-46-12-11-42-2;1-9-11-37-27(35)25-23(40-16(2)3)19(31)20(32)28(42-25)39-14-13-36-22-18(30)21(33)29(41-17(4)5)43-24(22)26(34)38-12-10-15-44(6,7)8/h19-26,29-30,36-40H,6-16H2,1-5H3,(H,31,41);15,18-25,28-29,36-39H,5-14H2,1-4H3,(H,30,40)(H,31,41);1,16-25,28-33H,11-14H2,2-8H3/t19-,20-,21+,22+,23+,24+,25?,26?,29-,30-;2*18-,19-,20+,21+,22+,23+,24?,25?,28-,29-/m111/s1. The van der Waals surface area contributed by atoms with Crippen molar-refractivity contribution in [2.24, 2.45) is 0 Å². The number of nitrogens with zero attached hydrogens (tertiary/aromatic N) is 7. The number of carbonyl (C=O) groups is 7. The van der Waals surface area contributed by atoms with Crippen LogP contribution in [0.2, 0.25) is 19.6 Å². The van der Waals surface area contributed by atoms with Crippen molar-refractivity contribution in [3.05, 3.63) is 23.3 Å². The van der Waals surface area contributed by atoms with Gasteiger partial charge in [-0.05, 0) is 61.3 Å². The van der Waals surface area contributed by atoms with Crippen molar-refractivity contribution < 1.29 is 214 Å². The molecule has 6 unspecified atom stereocenters. The summed E-state index contributed by atoms with van der Waals surface area (Å²) in [6, 6.07) is 0. The molecule has 6 fully saturated rings. The van der Waals surface area contributed by atoms with Gasteiger partial charge in [-0.3, -0.25) is 24.0 Å². The van der Waals surface area contributed by atoms with E-state index in [9.17, 15) is 94.8 Å². The van der Waals surface area contributed by atoms with Crippen LogP contribution in [0.4, 0.5) is 0 Å². The highest BCUT2D eigenvalue weighted by atomic mass is 28.3. The van der Waals surface area contributed by atoms with Crippen LogP contribution in [-0.2, 0) is 156 Å². The lowest BCUT2D eigenvalue weighted by molar-refractivity contribution is -0.316. The Bertz CT molecular complexity index is 4170. The molecule has 30 atom stereocenters. The average Bonchev–Trinajstić information content (AvgIpc) is 1.22. The maximum absolute atomic E-state index is 13.3. The minimum atomic E-state index is -1.71. The van der Waals surface area contributed by atoms with Crippen LogP contribution < -0.4 is 16.0 Å². The fraction of sp³-hybridized carbons (Fsp3) is 0.830. The monoisotopic (exact) mass is 2080 g/mol. The summed E-state index contributed by atoms with van der Waals surface area (Å²) in [6.07, 6.45) is -37.0. The maximum Gasteiger partial charge on any atom is 0.339 e. The second-order valence-electron chi connectivity index (χ2n) is 34.7. The highest BCUT2D eigenvalue weighted by molar-refractivity contribution is 6.83. The van der Waals surface area contributed by atoms with Crippen molar-refractivity contribution in [1.29, 1.82) is 0 Å². The number of methoxy groups -OCH3 is 5. The van der Waals surface area contributed by atoms with Gasteiger partial charge in [0.15, 0.2) is 93.4 Å². The van der Waals surface area contributed by atoms with E-state index in [4.69, 9.17) is 125 Å². The SMILES string of the molecule is C#CCOC(=O)C1O[C@@H](OCCO[C@@H]2C(C(=O)OCC#C[Si](C)(C)C)O[C@@H](OC(C)C)[C@@H](O)[C@H]2O)[C@@H](O)[C@@H](O)[C@@H]1OC(C)C.CCN(CCCCO)C(=O)C1O[C@@H](OCCO[C@@H]2C(C(=O)NCCOCCn3nnc(C)c3C)O[C@@H](OC)[C@@H](O)[C@H]2O)[C@@H](O)[C@@H](O)[C@@H]1OC.COCCOCCNC(=O)C1O[C@@H](OCCO[C@@H]2C(C(=O)NCCOCCn3nncc3C(C)=O)O[C@@H](OC)[C@@H](O)[C@H]2O)[C@@H](O)[C@@H](O)[C@@H]1OC. The summed E-state index contributed by atoms with van der Waals surface area (Å²) in [4.78, 5) is 90.9. The molecular formula is C88H148N10O44Si. The van der Waals surface area contributed by atoms with Crippen LogP contribution in [0.1, 0.15) is 76.3 Å². The number of carbonyl (C=O) groups excluding carboxylic acids is 7. The summed E-state index contributed by atoms with van der Waals surface area (Å²) >= 11 is 0. The smallest absolute Gasteiger partial charge is 0.339 e. The predicted molar refractivity (Wildman–Crippen MR) is 486 cm³/mol. The van der Waals surface area contributed by atoms with Gasteiger partial charge in [0.2, 0.25) is 0 Å². The number of terminal acetylenes is 1. The van der Waals surface area contributed by atoms with E-state index in [2.05, 4.69) is 54.0 Å². The molecule has 4 amide bonds. The summed E-state index contributed by atoms with van der Waals surface area (Å²) in [5, 5.41) is 160. The second-order valence-corrected chi connectivity index (χ2v) is 39.4. The Morgan fingerprint density at radius 2 is 0.853 bits per heavy atom. The van der Waals surface area contributed by atoms with E-state index in [-0.39, 0.29) is 118 Å². The Kier molecular flexibility index (Phi) is 55.8. The number of aromatic nitrogens is 6. The van der Waals surface area contributed by atoms with Gasteiger partial charge in [0.25, 0.3) is 23.6 Å². The highest BCUT2D eigenvalue weighted by Gasteiger charge is 2.56. The molecule has 0 aliphatic carbocycles. The van der Waals surface area contributed by atoms with Gasteiger partial charge >= 0.3 is 11.9 Å². The first kappa shape index (κ1) is 124. The van der Waals surface area contributed by atoms with Crippen LogP contribution >= 0.6 is 0 Å². The largest absolute Gasteiger partial charge is 0.451 e. The lowest BCUT2D eigenvalue weighted by Crippen LogP contribution is -2.63. The van der Waals surface area contributed by atoms with Gasteiger partial charge < -0.3 is 201 Å². The summed E-state index contributed by atoms with van der Waals surface area (Å²) < 4.78 is 134. The zero-order chi connectivity index (χ0) is 106. The number of Topliss-reactive ketones (excluding diaryl/α,β-unsaturated/α-hetero) is 1. The zero-order valence-corrected chi connectivity index (χ0v) is 84.4. The number of amides is 4. The van der Waals surface area contributed by atoms with E-state index in [0.717, 1.165) is 11.4 Å². The Balaban J connectivity index is 0.000000329. The van der Waals surface area contributed by atoms with Gasteiger partial charge in [0.05, 0.1) is 129 Å². The summed E-state index contributed by atoms with van der Waals surface area (Å²) in [5.41, 5.74) is 5.16. The van der Waals surface area contributed by atoms with Gasteiger partial charge in [0.1, 0.15) is 124 Å². The van der Waals surface area contributed by atoms with Gasteiger partial charge in [-0.2, -0.15) is 0 Å². The average molecular weight is 2080 g/mol. The van der Waals surface area contributed by atoms with Gasteiger partial charge in [-0.25, -0.2) is 19.0 Å². The Morgan fingerprint density at radius 3 is 1.28 bits per heavy atom. The normalized spacial score (nSPS) is 30.8. The first-order valence-electron chi connectivity index (χ1n) is 46.8. The van der Waals surface area contributed by atoms with Crippen molar-refractivity contribution in [3.63, 3.8) is 0 Å². The number of nitrogens with one attached hydrogen (secondary N) is 3. The van der Waals surface area contributed by atoms with Crippen LogP contribution in [0.15, 0.2) is 6.20 Å². The van der Waals surface area contributed by atoms with Gasteiger partial charge in [0, 0.05) is 81.8 Å². The van der Waals surface area contributed by atoms with E-state index < -0.39 is 240 Å². The minimum absolute atomic E-state index is 0.0164. The molecule has 2 aromatic rings. The molecule has 0 radical (unpaired) electrons. The molecule has 55 heteroatoms. The number of ketones is 1. The number of hydrogen-bond donors (Lipinski definition) is 16. The molecule has 8 heterocycles. The maximum atomic E-state index is 13.3. The van der Waals surface area contributed by atoms with E-state index in [1.54, 1.807) is 39.3 Å². The molecule has 0 saturated carbocycles. The Hall–Kier alpha value is -7.29. The topological polar surface area (TPSA) is 705 Å². The molecule has 0 spiro atoms. The number of likely N-dealkylation sites (N-methyl/N-ethyl adjacent to an activating group) is 1. The van der Waals surface area contributed by atoms with E-state index in [1.807, 2.05) is 33.5 Å². The number of aryl methyl sites for hydroxylation is 1. The van der Waals surface area contributed by atoms with E-state index in [0.29, 0.717) is 58.0 Å². The van der Waals surface area contributed by atoms with Gasteiger partial charge in [-0.15, -0.1) is 22.2 Å². The summed E-state index contributed by atoms with van der Waals surface area (Å²) in [6.45, 7) is 20.8. The van der Waals surface area contributed by atoms with Crippen molar-refractivity contribution in [3.8, 4) is 23.8 Å². The number of esters is 2. The van der Waals surface area contributed by atoms with Crippen LogP contribution in [0, 0.1) is 37.7 Å². The quantitative estimate of drug-likeness (QED) is 0.00961. The third-order valence-electron chi connectivity index (χ3n) is 22.4. The molecule has 6 aliphatic heterocycles. The molecule has 6 aliphatic rings. The van der Waals surface area contributed by atoms with Crippen molar-refractivity contribution in [2.45, 2.75) is 297 Å². The summed E-state index contributed by atoms with van der Waals surface area (Å²) in [5.74, 6) is 0.504. The second kappa shape index (κ2) is 64.2. The third kappa shape index (κ3) is 38.0. The lowest BCUT2D eigenvalue weighted by Gasteiger charge is -2.42. The molecule has 0 bridgehead atoms. The zero-order valence-electron chi connectivity index (χ0n) is 83.4. The highest BCUT2D eigenvalue weighted by Crippen LogP contribution is 2.33. The first-order chi connectivity index (χ1) is 68.1. The predicted octanol–water partition coefficient (Wildman–Crippen LogP) is -8.94. The molecule has 16 N–H and O–H groups in total. The number of unbranched alkanes of at least 4 members (excludes halogenated alkanes) is 1. The molecule has 143 heavy (non-hydrogen) atoms. The van der Waals surface area contributed by atoms with Crippen molar-refractivity contribution in [1.82, 2.24) is 50.8 Å². The Morgan fingerprint density at radius 1 is 0.462 bits per heavy atom. The number of hydrogen-bond acceptors (Lipinski definition) is 48. The number of aliphatic hydroxyl groups is 13. The lowest BCUT2D eigenvalue weighted by atomic mass is 9.97. The number of rotatable bonds is 55.